The van der Waals surface area contributed by atoms with Gasteiger partial charge in [-0.2, -0.15) is 0 Å². The SMILES string of the molecule is CC(C)(C)C1C(=O)N(C(C)(C)C)C(=O)C1C(C)(C)C. The van der Waals surface area contributed by atoms with E-state index in [1.807, 2.05) is 62.3 Å². The smallest absolute Gasteiger partial charge is 0.234 e. The Morgan fingerprint density at radius 1 is 0.684 bits per heavy atom. The van der Waals surface area contributed by atoms with Crippen molar-refractivity contribution in [1.29, 1.82) is 0 Å². The normalized spacial score (nSPS) is 26.3. The van der Waals surface area contributed by atoms with Crippen molar-refractivity contribution in [2.24, 2.45) is 22.7 Å². The van der Waals surface area contributed by atoms with Gasteiger partial charge in [-0.25, -0.2) is 0 Å². The molecule has 0 aliphatic carbocycles. The summed E-state index contributed by atoms with van der Waals surface area (Å²) in [4.78, 5) is 27.0. The zero-order chi connectivity index (χ0) is 15.4. The van der Waals surface area contributed by atoms with Gasteiger partial charge in [-0.3, -0.25) is 14.5 Å². The van der Waals surface area contributed by atoms with Gasteiger partial charge in [-0.05, 0) is 31.6 Å². The van der Waals surface area contributed by atoms with Gasteiger partial charge in [-0.15, -0.1) is 0 Å². The minimum Gasteiger partial charge on any atom is -0.277 e. The molecule has 1 aliphatic heterocycles. The lowest BCUT2D eigenvalue weighted by molar-refractivity contribution is -0.146. The average molecular weight is 267 g/mol. The minimum atomic E-state index is -0.447. The number of hydrogen-bond donors (Lipinski definition) is 0. The molecule has 1 heterocycles. The quantitative estimate of drug-likeness (QED) is 0.630. The number of hydrogen-bond acceptors (Lipinski definition) is 2. The number of likely N-dealkylation sites (tertiary alicyclic amines) is 1. The van der Waals surface area contributed by atoms with E-state index in [4.69, 9.17) is 0 Å². The Bertz CT molecular complexity index is 358. The van der Waals surface area contributed by atoms with Crippen molar-refractivity contribution < 1.29 is 9.59 Å². The van der Waals surface area contributed by atoms with E-state index < -0.39 is 5.54 Å². The maximum absolute atomic E-state index is 12.8. The highest BCUT2D eigenvalue weighted by Crippen LogP contribution is 2.48. The van der Waals surface area contributed by atoms with Crippen molar-refractivity contribution in [2.75, 3.05) is 0 Å². The molecule has 0 radical (unpaired) electrons. The van der Waals surface area contributed by atoms with E-state index >= 15 is 0 Å². The van der Waals surface area contributed by atoms with Gasteiger partial charge in [0.05, 0.1) is 11.8 Å². The highest BCUT2D eigenvalue weighted by Gasteiger charge is 2.58. The van der Waals surface area contributed by atoms with Crippen LogP contribution in [0.25, 0.3) is 0 Å². The second-order valence-corrected chi connectivity index (χ2v) is 8.87. The second-order valence-electron chi connectivity index (χ2n) is 8.87. The fourth-order valence-electron chi connectivity index (χ4n) is 3.07. The molecular weight excluding hydrogens is 238 g/mol. The van der Waals surface area contributed by atoms with Crippen molar-refractivity contribution >= 4 is 11.8 Å². The van der Waals surface area contributed by atoms with Crippen LogP contribution in [0.2, 0.25) is 0 Å². The molecule has 0 saturated carbocycles. The molecule has 2 atom stereocenters. The molecule has 1 rings (SSSR count). The largest absolute Gasteiger partial charge is 0.277 e. The minimum absolute atomic E-state index is 0.00933. The van der Waals surface area contributed by atoms with Crippen molar-refractivity contribution in [3.63, 3.8) is 0 Å². The predicted octanol–water partition coefficient (Wildman–Crippen LogP) is 3.48. The van der Waals surface area contributed by atoms with Gasteiger partial charge in [0.1, 0.15) is 0 Å². The molecule has 0 aromatic rings. The lowest BCUT2D eigenvalue weighted by atomic mass is 9.65. The molecular formula is C16H29NO2. The molecule has 1 aliphatic rings. The van der Waals surface area contributed by atoms with Gasteiger partial charge >= 0.3 is 0 Å². The molecule has 3 nitrogen and oxygen atoms in total. The molecule has 0 aromatic heterocycles. The van der Waals surface area contributed by atoms with Gasteiger partial charge < -0.3 is 0 Å². The molecule has 2 amide bonds. The second kappa shape index (κ2) is 4.32. The van der Waals surface area contributed by atoms with E-state index in [1.165, 1.54) is 4.90 Å². The molecule has 3 heteroatoms. The Hall–Kier alpha value is -0.860. The fourth-order valence-corrected chi connectivity index (χ4v) is 3.07. The Kier molecular flexibility index (Phi) is 3.68. The lowest BCUT2D eigenvalue weighted by Crippen LogP contribution is -2.46. The van der Waals surface area contributed by atoms with Gasteiger partial charge in [0.2, 0.25) is 11.8 Å². The van der Waals surface area contributed by atoms with E-state index in [2.05, 4.69) is 0 Å². The Morgan fingerprint density at radius 3 is 1.11 bits per heavy atom. The van der Waals surface area contributed by atoms with Crippen molar-refractivity contribution in [1.82, 2.24) is 4.90 Å². The van der Waals surface area contributed by atoms with Crippen molar-refractivity contribution in [2.45, 2.75) is 67.9 Å². The first kappa shape index (κ1) is 16.2. The Labute approximate surface area is 117 Å². The van der Waals surface area contributed by atoms with Gasteiger partial charge in [-0.1, -0.05) is 41.5 Å². The highest BCUT2D eigenvalue weighted by molar-refractivity contribution is 6.06. The van der Waals surface area contributed by atoms with Crippen molar-refractivity contribution in [3.8, 4) is 0 Å². The van der Waals surface area contributed by atoms with Gasteiger partial charge in [0.25, 0.3) is 0 Å². The Morgan fingerprint density at radius 2 is 0.947 bits per heavy atom. The summed E-state index contributed by atoms with van der Waals surface area (Å²) in [5, 5.41) is 0. The summed E-state index contributed by atoms with van der Waals surface area (Å²) in [6.07, 6.45) is 0. The molecule has 1 fully saturated rings. The van der Waals surface area contributed by atoms with E-state index in [9.17, 15) is 9.59 Å². The van der Waals surface area contributed by atoms with Gasteiger partial charge in [0.15, 0.2) is 0 Å². The molecule has 19 heavy (non-hydrogen) atoms. The average Bonchev–Trinajstić information content (AvgIpc) is 2.33. The van der Waals surface area contributed by atoms with Crippen LogP contribution in [0.1, 0.15) is 62.3 Å². The zero-order valence-corrected chi connectivity index (χ0v) is 13.9. The summed E-state index contributed by atoms with van der Waals surface area (Å²) >= 11 is 0. The van der Waals surface area contributed by atoms with Crippen LogP contribution < -0.4 is 0 Å². The van der Waals surface area contributed by atoms with Crippen LogP contribution in [0.3, 0.4) is 0 Å². The lowest BCUT2D eigenvalue weighted by Gasteiger charge is -2.35. The number of amides is 2. The maximum atomic E-state index is 12.8. The Balaban J connectivity index is 3.38. The van der Waals surface area contributed by atoms with Crippen molar-refractivity contribution in [3.05, 3.63) is 0 Å². The highest BCUT2D eigenvalue weighted by atomic mass is 16.2. The molecule has 0 bridgehead atoms. The maximum Gasteiger partial charge on any atom is 0.234 e. The van der Waals surface area contributed by atoms with E-state index in [0.717, 1.165) is 0 Å². The summed E-state index contributed by atoms with van der Waals surface area (Å²) in [6.45, 7) is 18.1. The molecule has 0 aromatic carbocycles. The number of carbonyl (C=O) groups is 2. The number of imide groups is 1. The molecule has 1 saturated heterocycles. The topological polar surface area (TPSA) is 37.4 Å². The number of rotatable bonds is 0. The first-order chi connectivity index (χ1) is 8.19. The number of nitrogens with zero attached hydrogens (tertiary/aromatic N) is 1. The monoisotopic (exact) mass is 267 g/mol. The van der Waals surface area contributed by atoms with Crippen LogP contribution in [0.4, 0.5) is 0 Å². The fraction of sp³-hybridized carbons (Fsp3) is 0.875. The summed E-state index contributed by atoms with van der Waals surface area (Å²) in [7, 11) is 0. The molecule has 2 unspecified atom stereocenters. The summed E-state index contributed by atoms with van der Waals surface area (Å²) in [5.74, 6) is -0.492. The third-order valence-electron chi connectivity index (χ3n) is 3.84. The van der Waals surface area contributed by atoms with Crippen LogP contribution in [0.15, 0.2) is 0 Å². The zero-order valence-electron chi connectivity index (χ0n) is 13.9. The first-order valence-electron chi connectivity index (χ1n) is 7.07. The van der Waals surface area contributed by atoms with Gasteiger partial charge in [0, 0.05) is 5.54 Å². The third-order valence-corrected chi connectivity index (χ3v) is 3.84. The predicted molar refractivity (Wildman–Crippen MR) is 77.5 cm³/mol. The standard InChI is InChI=1S/C16H29NO2/c1-14(2,3)10-11(15(4,5)6)13(19)17(12(10)18)16(7,8)9/h10-11H,1-9H3. The molecule has 110 valence electrons. The third kappa shape index (κ3) is 2.85. The van der Waals surface area contributed by atoms with Crippen LogP contribution in [-0.2, 0) is 9.59 Å². The van der Waals surface area contributed by atoms with E-state index in [1.54, 1.807) is 0 Å². The molecule has 0 spiro atoms. The summed E-state index contributed by atoms with van der Waals surface area (Å²) in [5.41, 5.74) is -0.854. The summed E-state index contributed by atoms with van der Waals surface area (Å²) < 4.78 is 0. The number of carbonyl (C=O) groups excluding carboxylic acids is 2. The van der Waals surface area contributed by atoms with Crippen LogP contribution in [0.5, 0.6) is 0 Å². The summed E-state index contributed by atoms with van der Waals surface area (Å²) in [6, 6.07) is 0. The van der Waals surface area contributed by atoms with Crippen LogP contribution >= 0.6 is 0 Å². The molecule has 0 N–H and O–H groups in total. The first-order valence-corrected chi connectivity index (χ1v) is 7.07. The van der Waals surface area contributed by atoms with Crippen LogP contribution in [-0.4, -0.2) is 22.3 Å². The van der Waals surface area contributed by atoms with E-state index in [0.29, 0.717) is 0 Å². The van der Waals surface area contributed by atoms with E-state index in [-0.39, 0.29) is 34.5 Å². The van der Waals surface area contributed by atoms with Crippen LogP contribution in [0, 0.1) is 22.7 Å².